The molecule has 1 saturated heterocycles. The number of likely N-dealkylation sites (tertiary alicyclic amines) is 1. The van der Waals surface area contributed by atoms with E-state index in [1.54, 1.807) is 6.07 Å². The first kappa shape index (κ1) is 13.9. The number of hydrogen-bond acceptors (Lipinski definition) is 5. The SMILES string of the molecule is COC(=O)c1cc2cc(OCCN3CCCC3)ccc2o1. The number of ether oxygens (including phenoxy) is 2. The summed E-state index contributed by atoms with van der Waals surface area (Å²) < 4.78 is 15.8. The number of carbonyl (C=O) groups is 1. The normalized spacial score (nSPS) is 15.5. The molecular formula is C16H19NO4. The highest BCUT2D eigenvalue weighted by Crippen LogP contribution is 2.24. The molecule has 2 heterocycles. The molecule has 5 nitrogen and oxygen atoms in total. The second-order valence-electron chi connectivity index (χ2n) is 5.20. The minimum Gasteiger partial charge on any atom is -0.492 e. The van der Waals surface area contributed by atoms with Crippen LogP contribution in [0.15, 0.2) is 28.7 Å². The van der Waals surface area contributed by atoms with Crippen LogP contribution in [0.5, 0.6) is 5.75 Å². The fraction of sp³-hybridized carbons (Fsp3) is 0.438. The molecular weight excluding hydrogens is 270 g/mol. The zero-order valence-corrected chi connectivity index (χ0v) is 12.1. The summed E-state index contributed by atoms with van der Waals surface area (Å²) >= 11 is 0. The maximum absolute atomic E-state index is 11.4. The number of furan rings is 1. The lowest BCUT2D eigenvalue weighted by molar-refractivity contribution is 0.0567. The van der Waals surface area contributed by atoms with Crippen molar-refractivity contribution in [3.8, 4) is 5.75 Å². The summed E-state index contributed by atoms with van der Waals surface area (Å²) in [6.45, 7) is 3.98. The molecule has 0 saturated carbocycles. The van der Waals surface area contributed by atoms with Gasteiger partial charge in [0.2, 0.25) is 5.76 Å². The molecule has 1 aromatic heterocycles. The van der Waals surface area contributed by atoms with Gasteiger partial charge in [-0.1, -0.05) is 0 Å². The summed E-state index contributed by atoms with van der Waals surface area (Å²) in [6.07, 6.45) is 2.58. The van der Waals surface area contributed by atoms with E-state index >= 15 is 0 Å². The van der Waals surface area contributed by atoms with Crippen molar-refractivity contribution in [1.82, 2.24) is 4.90 Å². The van der Waals surface area contributed by atoms with E-state index in [0.717, 1.165) is 17.7 Å². The first-order valence-corrected chi connectivity index (χ1v) is 7.23. The molecule has 3 rings (SSSR count). The Morgan fingerprint density at radius 1 is 1.29 bits per heavy atom. The Bertz CT molecular complexity index is 628. The zero-order chi connectivity index (χ0) is 14.7. The van der Waals surface area contributed by atoms with E-state index in [1.807, 2.05) is 18.2 Å². The average Bonchev–Trinajstić information content (AvgIpc) is 3.14. The molecule has 0 unspecified atom stereocenters. The smallest absolute Gasteiger partial charge is 0.373 e. The lowest BCUT2D eigenvalue weighted by atomic mass is 10.2. The third kappa shape index (κ3) is 3.19. The lowest BCUT2D eigenvalue weighted by Gasteiger charge is -2.14. The maximum Gasteiger partial charge on any atom is 0.373 e. The van der Waals surface area contributed by atoms with Crippen molar-refractivity contribution in [1.29, 1.82) is 0 Å². The van der Waals surface area contributed by atoms with Gasteiger partial charge in [-0.3, -0.25) is 4.90 Å². The fourth-order valence-electron chi connectivity index (χ4n) is 2.61. The van der Waals surface area contributed by atoms with E-state index in [0.29, 0.717) is 12.2 Å². The van der Waals surface area contributed by atoms with E-state index in [2.05, 4.69) is 9.64 Å². The molecule has 1 aliphatic rings. The van der Waals surface area contributed by atoms with Crippen LogP contribution in [0.25, 0.3) is 11.0 Å². The highest BCUT2D eigenvalue weighted by Gasteiger charge is 2.13. The molecule has 21 heavy (non-hydrogen) atoms. The van der Waals surface area contributed by atoms with Crippen LogP contribution < -0.4 is 4.74 Å². The number of benzene rings is 1. The highest BCUT2D eigenvalue weighted by atomic mass is 16.5. The van der Waals surface area contributed by atoms with Crippen molar-refractivity contribution in [2.45, 2.75) is 12.8 Å². The summed E-state index contributed by atoms with van der Waals surface area (Å²) in [6, 6.07) is 7.23. The summed E-state index contributed by atoms with van der Waals surface area (Å²) in [5.41, 5.74) is 0.655. The van der Waals surface area contributed by atoms with Gasteiger partial charge in [-0.05, 0) is 50.2 Å². The summed E-state index contributed by atoms with van der Waals surface area (Å²) in [7, 11) is 1.34. The summed E-state index contributed by atoms with van der Waals surface area (Å²) in [4.78, 5) is 13.8. The third-order valence-electron chi connectivity index (χ3n) is 3.75. The molecule has 0 amide bonds. The van der Waals surface area contributed by atoms with Gasteiger partial charge in [-0.2, -0.15) is 0 Å². The van der Waals surface area contributed by atoms with Crippen LogP contribution in [0.4, 0.5) is 0 Å². The largest absolute Gasteiger partial charge is 0.492 e. The standard InChI is InChI=1S/C16H19NO4/c1-19-16(18)15-11-12-10-13(4-5-14(12)21-15)20-9-8-17-6-2-3-7-17/h4-5,10-11H,2-3,6-9H2,1H3. The molecule has 2 aromatic rings. The van der Waals surface area contributed by atoms with Crippen LogP contribution in [0, 0.1) is 0 Å². The van der Waals surface area contributed by atoms with Crippen molar-refractivity contribution in [3.63, 3.8) is 0 Å². The Morgan fingerprint density at radius 2 is 2.10 bits per heavy atom. The van der Waals surface area contributed by atoms with Crippen LogP contribution in [0.3, 0.4) is 0 Å². The first-order valence-electron chi connectivity index (χ1n) is 7.23. The van der Waals surface area contributed by atoms with Gasteiger partial charge >= 0.3 is 5.97 Å². The molecule has 0 atom stereocenters. The number of esters is 1. The number of methoxy groups -OCH3 is 1. The van der Waals surface area contributed by atoms with Gasteiger partial charge in [-0.15, -0.1) is 0 Å². The van der Waals surface area contributed by atoms with Crippen molar-refractivity contribution < 1.29 is 18.7 Å². The van der Waals surface area contributed by atoms with Crippen LogP contribution in [-0.2, 0) is 4.74 Å². The van der Waals surface area contributed by atoms with Gasteiger partial charge in [0.15, 0.2) is 0 Å². The Balaban J connectivity index is 1.64. The summed E-state index contributed by atoms with van der Waals surface area (Å²) in [5.74, 6) is 0.531. The lowest BCUT2D eigenvalue weighted by Crippen LogP contribution is -2.25. The van der Waals surface area contributed by atoms with Gasteiger partial charge in [0.25, 0.3) is 0 Å². The van der Waals surface area contributed by atoms with Gasteiger partial charge < -0.3 is 13.9 Å². The molecule has 1 aromatic carbocycles. The number of carbonyl (C=O) groups excluding carboxylic acids is 1. The van der Waals surface area contributed by atoms with Crippen LogP contribution in [0.2, 0.25) is 0 Å². The maximum atomic E-state index is 11.4. The molecule has 1 aliphatic heterocycles. The van der Waals surface area contributed by atoms with Gasteiger partial charge in [0, 0.05) is 11.9 Å². The molecule has 0 spiro atoms. The van der Waals surface area contributed by atoms with Crippen LogP contribution in [0.1, 0.15) is 23.4 Å². The Morgan fingerprint density at radius 3 is 2.86 bits per heavy atom. The van der Waals surface area contributed by atoms with E-state index in [1.165, 1.54) is 33.0 Å². The highest BCUT2D eigenvalue weighted by molar-refractivity contribution is 5.92. The van der Waals surface area contributed by atoms with Crippen LogP contribution >= 0.6 is 0 Å². The van der Waals surface area contributed by atoms with Crippen molar-refractivity contribution in [2.75, 3.05) is 33.4 Å². The summed E-state index contributed by atoms with van der Waals surface area (Å²) in [5, 5.41) is 0.842. The molecule has 5 heteroatoms. The van der Waals surface area contributed by atoms with E-state index in [9.17, 15) is 4.79 Å². The molecule has 0 radical (unpaired) electrons. The third-order valence-corrected chi connectivity index (χ3v) is 3.75. The first-order chi connectivity index (χ1) is 10.3. The van der Waals surface area contributed by atoms with E-state index in [4.69, 9.17) is 9.15 Å². The minimum absolute atomic E-state index is 0.210. The average molecular weight is 289 g/mol. The minimum atomic E-state index is -0.470. The predicted octanol–water partition coefficient (Wildman–Crippen LogP) is 2.69. The number of hydrogen-bond donors (Lipinski definition) is 0. The van der Waals surface area contributed by atoms with Gasteiger partial charge in [-0.25, -0.2) is 4.79 Å². The van der Waals surface area contributed by atoms with E-state index in [-0.39, 0.29) is 5.76 Å². The number of rotatable bonds is 5. The predicted molar refractivity (Wildman–Crippen MR) is 78.7 cm³/mol. The molecule has 0 bridgehead atoms. The molecule has 1 fully saturated rings. The topological polar surface area (TPSA) is 51.9 Å². The van der Waals surface area contributed by atoms with Crippen molar-refractivity contribution in [2.24, 2.45) is 0 Å². The Hall–Kier alpha value is -2.01. The number of nitrogens with zero attached hydrogens (tertiary/aromatic N) is 1. The van der Waals surface area contributed by atoms with Gasteiger partial charge in [0.1, 0.15) is 17.9 Å². The number of fused-ring (bicyclic) bond motifs is 1. The zero-order valence-electron chi connectivity index (χ0n) is 12.1. The molecule has 0 aliphatic carbocycles. The fourth-order valence-corrected chi connectivity index (χ4v) is 2.61. The molecule has 112 valence electrons. The second kappa shape index (κ2) is 6.18. The van der Waals surface area contributed by atoms with Crippen molar-refractivity contribution in [3.05, 3.63) is 30.0 Å². The van der Waals surface area contributed by atoms with Crippen LogP contribution in [-0.4, -0.2) is 44.2 Å². The van der Waals surface area contributed by atoms with Gasteiger partial charge in [0.05, 0.1) is 7.11 Å². The Kier molecular flexibility index (Phi) is 4.10. The second-order valence-corrected chi connectivity index (χ2v) is 5.20. The van der Waals surface area contributed by atoms with Crippen molar-refractivity contribution >= 4 is 16.9 Å². The monoisotopic (exact) mass is 289 g/mol. The van der Waals surface area contributed by atoms with E-state index < -0.39 is 5.97 Å². The quantitative estimate of drug-likeness (QED) is 0.792. The molecule has 0 N–H and O–H groups in total. The Labute approximate surface area is 123 Å².